The number of benzene rings is 1. The third-order valence-corrected chi connectivity index (χ3v) is 9.13. The number of rotatable bonds is 2. The van der Waals surface area contributed by atoms with Crippen molar-refractivity contribution in [2.45, 2.75) is 65.5 Å². The van der Waals surface area contributed by atoms with Gasteiger partial charge in [0.05, 0.1) is 0 Å². The third kappa shape index (κ3) is 5.02. The van der Waals surface area contributed by atoms with Gasteiger partial charge < -0.3 is 24.8 Å². The summed E-state index contributed by atoms with van der Waals surface area (Å²) in [4.78, 5) is 3.72. The van der Waals surface area contributed by atoms with Crippen molar-refractivity contribution in [3.05, 3.63) is 52.0 Å². The molecule has 0 saturated heterocycles. The summed E-state index contributed by atoms with van der Waals surface area (Å²) in [5.41, 5.74) is 3.38. The van der Waals surface area contributed by atoms with Crippen LogP contribution >= 0.6 is 0 Å². The van der Waals surface area contributed by atoms with Crippen molar-refractivity contribution in [2.24, 2.45) is 0 Å². The van der Waals surface area contributed by atoms with E-state index in [1.165, 1.54) is 20.0 Å². The van der Waals surface area contributed by atoms with Gasteiger partial charge in [-0.25, -0.2) is 0 Å². The number of aromatic amines is 1. The molecule has 0 fully saturated rings. The molecule has 0 unspecified atom stereocenters. The second-order valence-electron chi connectivity index (χ2n) is 9.60. The Morgan fingerprint density at radius 2 is 1.50 bits per heavy atom. The first-order chi connectivity index (χ1) is 12.0. The molecule has 150 valence electrons. The van der Waals surface area contributed by atoms with E-state index in [1.807, 2.05) is 0 Å². The van der Waals surface area contributed by atoms with Gasteiger partial charge in [-0.05, 0) is 0 Å². The molecule has 0 radical (unpaired) electrons. The Hall–Kier alpha value is -0.379. The van der Waals surface area contributed by atoms with Gasteiger partial charge in [0, 0.05) is 0 Å². The fourth-order valence-electron chi connectivity index (χ4n) is 3.77. The van der Waals surface area contributed by atoms with E-state index < -0.39 is 27.6 Å². The Labute approximate surface area is 193 Å². The van der Waals surface area contributed by atoms with Crippen LogP contribution in [0.2, 0.25) is 13.1 Å². The molecule has 28 heavy (non-hydrogen) atoms. The zero-order valence-corrected chi connectivity index (χ0v) is 22.3. The molecule has 0 saturated carbocycles. The normalized spacial score (nSPS) is 13.1. The van der Waals surface area contributed by atoms with E-state index in [4.69, 9.17) is 0 Å². The molecule has 3 rings (SSSR count). The zero-order valence-electron chi connectivity index (χ0n) is 18.2. The van der Waals surface area contributed by atoms with Crippen LogP contribution in [0.25, 0.3) is 9.95 Å². The van der Waals surface area contributed by atoms with Crippen LogP contribution in [0.1, 0.15) is 52.7 Å². The molecule has 1 nitrogen and oxygen atoms in total. The van der Waals surface area contributed by atoms with Crippen LogP contribution in [-0.2, 0) is 30.0 Å². The van der Waals surface area contributed by atoms with E-state index >= 15 is 0 Å². The molecule has 0 aliphatic heterocycles. The smallest absolute Gasteiger partial charge is 1.00 e. The number of nitrogens with one attached hydrogen (secondary N) is 1. The molecule has 5 heteroatoms. The van der Waals surface area contributed by atoms with Crippen LogP contribution in [0.4, 0.5) is 0 Å². The number of hydrogen-bond donors (Lipinski definition) is 1. The summed E-state index contributed by atoms with van der Waals surface area (Å²) in [5.74, 6) is 0. The second-order valence-corrected chi connectivity index (χ2v) is 14.1. The van der Waals surface area contributed by atoms with Crippen LogP contribution in [0.3, 0.4) is 0 Å². The third-order valence-electron chi connectivity index (χ3n) is 5.03. The minimum absolute atomic E-state index is 0. The predicted molar refractivity (Wildman–Crippen MR) is 114 cm³/mol. The van der Waals surface area contributed by atoms with Gasteiger partial charge in [0.2, 0.25) is 0 Å². The number of aromatic nitrogens is 1. The molecule has 2 aromatic rings. The molecule has 0 amide bonds. The monoisotopic (exact) mass is 467 g/mol. The summed E-state index contributed by atoms with van der Waals surface area (Å²) >= 11 is -0.405. The largest absolute Gasteiger partial charge is 1.00 e. The van der Waals surface area contributed by atoms with Crippen LogP contribution in [0.5, 0.6) is 0 Å². The van der Waals surface area contributed by atoms with Gasteiger partial charge in [0.15, 0.2) is 0 Å². The SMILES string of the molecule is C[Si](C)=C1C=c2ccccc2=[C]1[Ti+2][c]1[nH]cc(C(C)(C)C)c1C(C)(C)C.[Cl-].[Cl-]. The van der Waals surface area contributed by atoms with Crippen molar-refractivity contribution < 1.29 is 44.0 Å². The van der Waals surface area contributed by atoms with Crippen molar-refractivity contribution in [2.75, 3.05) is 0 Å². The molecule has 1 aromatic heterocycles. The van der Waals surface area contributed by atoms with Crippen LogP contribution in [-0.4, -0.2) is 18.6 Å². The summed E-state index contributed by atoms with van der Waals surface area (Å²) in [6, 6.07) is 8.96. The molecule has 1 aromatic carbocycles. The molecule has 1 heterocycles. The van der Waals surface area contributed by atoms with Crippen molar-refractivity contribution in [3.63, 3.8) is 0 Å². The van der Waals surface area contributed by atoms with E-state index in [0.29, 0.717) is 0 Å². The van der Waals surface area contributed by atoms with Gasteiger partial charge in [0.25, 0.3) is 0 Å². The van der Waals surface area contributed by atoms with E-state index in [0.717, 1.165) is 0 Å². The maximum atomic E-state index is 3.72. The number of halogens is 2. The van der Waals surface area contributed by atoms with E-state index in [-0.39, 0.29) is 35.6 Å². The zero-order chi connectivity index (χ0) is 19.3. The fourth-order valence-corrected chi connectivity index (χ4v) is 8.77. The molecule has 0 spiro atoms. The van der Waals surface area contributed by atoms with Crippen molar-refractivity contribution in [3.8, 4) is 0 Å². The fraction of sp³-hybridized carbons (Fsp3) is 0.435. The van der Waals surface area contributed by atoms with E-state index in [9.17, 15) is 0 Å². The Balaban J connectivity index is 0.00000196. The summed E-state index contributed by atoms with van der Waals surface area (Å²) in [5, 5.41) is 4.55. The second kappa shape index (κ2) is 9.18. The molecule has 0 bridgehead atoms. The van der Waals surface area contributed by atoms with Crippen molar-refractivity contribution >= 4 is 27.5 Å². The van der Waals surface area contributed by atoms with Crippen LogP contribution in [0.15, 0.2) is 30.5 Å². The topological polar surface area (TPSA) is 15.8 Å². The van der Waals surface area contributed by atoms with Gasteiger partial charge >= 0.3 is 169 Å². The van der Waals surface area contributed by atoms with Gasteiger partial charge in [-0.1, -0.05) is 0 Å². The Morgan fingerprint density at radius 1 is 0.893 bits per heavy atom. The standard InChI is InChI=1S/C12H20N.C11H11Si.2ClH.Ti/c1-11(2,3)9-7-13-8-10(9)12(4,5)6;1-12(2)11-7-9-5-3-4-6-10(9)8-11;;;/h7,13H,1-6H3;3-7H,1-2H3;2*1H;/q;;;;+2/p-2. The van der Waals surface area contributed by atoms with Gasteiger partial charge in [-0.3, -0.25) is 0 Å². The predicted octanol–water partition coefficient (Wildman–Crippen LogP) is -2.56. The maximum absolute atomic E-state index is 3.72. The summed E-state index contributed by atoms with van der Waals surface area (Å²) < 4.78 is 3.18. The van der Waals surface area contributed by atoms with Gasteiger partial charge in [-0.15, -0.1) is 0 Å². The molecule has 1 aliphatic rings. The average Bonchev–Trinajstić information content (AvgIpc) is 3.09. The number of fused-ring (bicyclic) bond motifs is 1. The first-order valence-electron chi connectivity index (χ1n) is 9.48. The number of H-pyrrole nitrogens is 1. The van der Waals surface area contributed by atoms with Crippen molar-refractivity contribution in [1.29, 1.82) is 0 Å². The first kappa shape index (κ1) is 25.7. The Morgan fingerprint density at radius 3 is 2.04 bits per heavy atom. The minimum atomic E-state index is -0.474. The van der Waals surface area contributed by atoms with E-state index in [1.54, 1.807) is 14.6 Å². The van der Waals surface area contributed by atoms with E-state index in [2.05, 4.69) is 96.2 Å². The number of hydrogen-bond acceptors (Lipinski definition) is 0. The first-order valence-corrected chi connectivity index (χ1v) is 13.5. The molecule has 1 N–H and O–H groups in total. The Kier molecular flexibility index (Phi) is 8.42. The average molecular weight is 468 g/mol. The quantitative estimate of drug-likeness (QED) is 0.467. The van der Waals surface area contributed by atoms with Crippen LogP contribution in [0, 0.1) is 0 Å². The van der Waals surface area contributed by atoms with Crippen LogP contribution < -0.4 is 39.3 Å². The van der Waals surface area contributed by atoms with Gasteiger partial charge in [-0.2, -0.15) is 0 Å². The molecule has 0 atom stereocenters. The molecule has 1 aliphatic carbocycles. The minimum Gasteiger partial charge on any atom is -1.00 e. The summed E-state index contributed by atoms with van der Waals surface area (Å²) in [6.07, 6.45) is 4.75. The Bertz CT molecular complexity index is 1000. The molecular weight excluding hydrogens is 437 g/mol. The maximum Gasteiger partial charge on any atom is -1.00 e. The molecular formula is C23H31Cl2NSiTi. The summed E-state index contributed by atoms with van der Waals surface area (Å²) in [7, 11) is -0.474. The van der Waals surface area contributed by atoms with Crippen molar-refractivity contribution in [1.82, 2.24) is 4.98 Å². The summed E-state index contributed by atoms with van der Waals surface area (Å²) in [6.45, 7) is 18.9. The van der Waals surface area contributed by atoms with Gasteiger partial charge in [0.1, 0.15) is 0 Å².